The molecule has 0 fully saturated rings. The third kappa shape index (κ3) is 2.42. The molecule has 0 spiro atoms. The van der Waals surface area contributed by atoms with E-state index in [2.05, 4.69) is 0 Å². The topological polar surface area (TPSA) is 26.3 Å². The highest BCUT2D eigenvalue weighted by molar-refractivity contribution is 6.02. The van der Waals surface area contributed by atoms with E-state index in [1.54, 1.807) is 13.0 Å². The van der Waals surface area contributed by atoms with E-state index in [9.17, 15) is 9.18 Å². The van der Waals surface area contributed by atoms with Crippen LogP contribution in [0.25, 0.3) is 0 Å². The number of ether oxygens (including phenoxy) is 1. The van der Waals surface area contributed by atoms with E-state index in [1.165, 1.54) is 25.3 Å². The van der Waals surface area contributed by atoms with Crippen LogP contribution in [0.1, 0.15) is 30.6 Å². The fourth-order valence-electron chi connectivity index (χ4n) is 1.33. The molecule has 0 aliphatic heterocycles. The van der Waals surface area contributed by atoms with Gasteiger partial charge in [0, 0.05) is 12.7 Å². The van der Waals surface area contributed by atoms with E-state index in [1.807, 2.05) is 6.92 Å². The number of ketones is 1. The van der Waals surface area contributed by atoms with Crippen molar-refractivity contribution in [3.8, 4) is 0 Å². The minimum absolute atomic E-state index is 0.188. The fraction of sp³-hybridized carbons (Fsp3) is 0.417. The van der Waals surface area contributed by atoms with Crippen LogP contribution < -0.4 is 0 Å². The van der Waals surface area contributed by atoms with Crippen LogP contribution in [-0.4, -0.2) is 18.5 Å². The SMILES string of the molecule is CCC(C)(OC)C(=O)c1cccc(F)c1. The molecule has 82 valence electrons. The van der Waals surface area contributed by atoms with Gasteiger partial charge in [-0.25, -0.2) is 4.39 Å². The number of Topliss-reactive ketones (excluding diaryl/α,β-unsaturated/α-hetero) is 1. The van der Waals surface area contributed by atoms with Crippen LogP contribution in [0.3, 0.4) is 0 Å². The van der Waals surface area contributed by atoms with Gasteiger partial charge in [0.25, 0.3) is 0 Å². The average molecular weight is 210 g/mol. The van der Waals surface area contributed by atoms with Crippen LogP contribution >= 0.6 is 0 Å². The lowest BCUT2D eigenvalue weighted by Gasteiger charge is -2.24. The molecule has 0 saturated carbocycles. The van der Waals surface area contributed by atoms with Crippen molar-refractivity contribution in [2.75, 3.05) is 7.11 Å². The summed E-state index contributed by atoms with van der Waals surface area (Å²) >= 11 is 0. The van der Waals surface area contributed by atoms with Gasteiger partial charge in [-0.15, -0.1) is 0 Å². The van der Waals surface area contributed by atoms with Gasteiger partial charge in [-0.05, 0) is 25.5 Å². The van der Waals surface area contributed by atoms with Crippen LogP contribution in [0, 0.1) is 5.82 Å². The first kappa shape index (κ1) is 11.9. The summed E-state index contributed by atoms with van der Waals surface area (Å²) < 4.78 is 18.1. The summed E-state index contributed by atoms with van der Waals surface area (Å²) in [6, 6.07) is 5.66. The molecule has 1 aromatic rings. The number of halogens is 1. The summed E-state index contributed by atoms with van der Waals surface area (Å²) in [5, 5.41) is 0. The smallest absolute Gasteiger partial charge is 0.194 e. The van der Waals surface area contributed by atoms with Gasteiger partial charge < -0.3 is 4.74 Å². The molecule has 0 saturated heterocycles. The predicted octanol–water partition coefficient (Wildman–Crippen LogP) is 2.82. The Morgan fingerprint density at radius 2 is 2.20 bits per heavy atom. The summed E-state index contributed by atoms with van der Waals surface area (Å²) in [7, 11) is 1.49. The summed E-state index contributed by atoms with van der Waals surface area (Å²) in [5.74, 6) is -0.595. The Labute approximate surface area is 89.1 Å². The second-order valence-corrected chi connectivity index (χ2v) is 3.63. The first-order valence-corrected chi connectivity index (χ1v) is 4.89. The number of benzene rings is 1. The Hall–Kier alpha value is -1.22. The monoisotopic (exact) mass is 210 g/mol. The number of carbonyl (C=O) groups is 1. The number of carbonyl (C=O) groups excluding carboxylic acids is 1. The second-order valence-electron chi connectivity index (χ2n) is 3.63. The number of methoxy groups -OCH3 is 1. The van der Waals surface area contributed by atoms with Crippen LogP contribution in [0.2, 0.25) is 0 Å². The lowest BCUT2D eigenvalue weighted by Crippen LogP contribution is -2.36. The van der Waals surface area contributed by atoms with Crippen molar-refractivity contribution < 1.29 is 13.9 Å². The van der Waals surface area contributed by atoms with Gasteiger partial charge in [0.1, 0.15) is 11.4 Å². The molecule has 1 atom stereocenters. The van der Waals surface area contributed by atoms with Crippen molar-refractivity contribution in [1.29, 1.82) is 0 Å². The zero-order chi connectivity index (χ0) is 11.5. The normalized spacial score (nSPS) is 14.7. The molecule has 0 radical (unpaired) electrons. The van der Waals surface area contributed by atoms with Crippen molar-refractivity contribution in [3.05, 3.63) is 35.6 Å². The molecule has 3 heteroatoms. The van der Waals surface area contributed by atoms with E-state index >= 15 is 0 Å². The average Bonchev–Trinajstić information content (AvgIpc) is 2.27. The van der Waals surface area contributed by atoms with Gasteiger partial charge in [-0.3, -0.25) is 4.79 Å². The highest BCUT2D eigenvalue weighted by Gasteiger charge is 2.31. The van der Waals surface area contributed by atoms with Crippen LogP contribution in [0.15, 0.2) is 24.3 Å². The predicted molar refractivity (Wildman–Crippen MR) is 56.4 cm³/mol. The van der Waals surface area contributed by atoms with E-state index in [0.717, 1.165) is 0 Å². The highest BCUT2D eigenvalue weighted by Crippen LogP contribution is 2.20. The van der Waals surface area contributed by atoms with Gasteiger partial charge in [0.15, 0.2) is 5.78 Å². The molecule has 1 unspecified atom stereocenters. The first-order chi connectivity index (χ1) is 7.03. The minimum Gasteiger partial charge on any atom is -0.370 e. The Balaban J connectivity index is 3.03. The summed E-state index contributed by atoms with van der Waals surface area (Å²) in [5.41, 5.74) is -0.519. The van der Waals surface area contributed by atoms with Gasteiger partial charge in [0.2, 0.25) is 0 Å². The van der Waals surface area contributed by atoms with Crippen molar-refractivity contribution in [2.24, 2.45) is 0 Å². The Morgan fingerprint density at radius 1 is 1.53 bits per heavy atom. The fourth-order valence-corrected chi connectivity index (χ4v) is 1.33. The number of rotatable bonds is 4. The standard InChI is InChI=1S/C12H15FO2/c1-4-12(2,15-3)11(14)9-6-5-7-10(13)8-9/h5-8H,4H2,1-3H3. The lowest BCUT2D eigenvalue weighted by molar-refractivity contribution is 0.0106. The van der Waals surface area contributed by atoms with E-state index in [-0.39, 0.29) is 5.78 Å². The van der Waals surface area contributed by atoms with Gasteiger partial charge in [-0.1, -0.05) is 19.1 Å². The molecule has 2 nitrogen and oxygen atoms in total. The van der Waals surface area contributed by atoms with Crippen molar-refractivity contribution in [2.45, 2.75) is 25.9 Å². The minimum atomic E-state index is -0.867. The quantitative estimate of drug-likeness (QED) is 0.714. The Morgan fingerprint density at radius 3 is 2.67 bits per heavy atom. The van der Waals surface area contributed by atoms with Gasteiger partial charge >= 0.3 is 0 Å². The lowest BCUT2D eigenvalue weighted by atomic mass is 9.92. The van der Waals surface area contributed by atoms with Crippen LogP contribution in [-0.2, 0) is 4.74 Å². The molecule has 0 N–H and O–H groups in total. The Bertz CT molecular complexity index is 356. The second kappa shape index (κ2) is 4.53. The molecule has 1 aromatic carbocycles. The highest BCUT2D eigenvalue weighted by atomic mass is 19.1. The number of hydrogen-bond acceptors (Lipinski definition) is 2. The molecule has 0 heterocycles. The third-order valence-electron chi connectivity index (χ3n) is 2.69. The molecule has 0 aliphatic carbocycles. The zero-order valence-electron chi connectivity index (χ0n) is 9.21. The van der Waals surface area contributed by atoms with Gasteiger partial charge in [-0.2, -0.15) is 0 Å². The van der Waals surface area contributed by atoms with Crippen molar-refractivity contribution >= 4 is 5.78 Å². The molecular formula is C12H15FO2. The zero-order valence-corrected chi connectivity index (χ0v) is 9.21. The van der Waals surface area contributed by atoms with Crippen LogP contribution in [0.4, 0.5) is 4.39 Å². The first-order valence-electron chi connectivity index (χ1n) is 4.89. The molecular weight excluding hydrogens is 195 g/mol. The summed E-state index contributed by atoms with van der Waals surface area (Å²) in [4.78, 5) is 12.0. The molecule has 0 amide bonds. The maximum absolute atomic E-state index is 12.9. The maximum atomic E-state index is 12.9. The maximum Gasteiger partial charge on any atom is 0.194 e. The van der Waals surface area contributed by atoms with Gasteiger partial charge in [0.05, 0.1) is 0 Å². The van der Waals surface area contributed by atoms with E-state index in [0.29, 0.717) is 12.0 Å². The Kier molecular flexibility index (Phi) is 3.58. The molecule has 0 bridgehead atoms. The largest absolute Gasteiger partial charge is 0.370 e. The van der Waals surface area contributed by atoms with Crippen molar-refractivity contribution in [1.82, 2.24) is 0 Å². The molecule has 15 heavy (non-hydrogen) atoms. The number of hydrogen-bond donors (Lipinski definition) is 0. The third-order valence-corrected chi connectivity index (χ3v) is 2.69. The van der Waals surface area contributed by atoms with E-state index < -0.39 is 11.4 Å². The van der Waals surface area contributed by atoms with Crippen LogP contribution in [0.5, 0.6) is 0 Å². The molecule has 1 rings (SSSR count). The summed E-state index contributed by atoms with van der Waals surface area (Å²) in [6.07, 6.45) is 0.554. The van der Waals surface area contributed by atoms with Crippen molar-refractivity contribution in [3.63, 3.8) is 0 Å². The molecule has 0 aliphatic rings. The van der Waals surface area contributed by atoms with E-state index in [4.69, 9.17) is 4.74 Å². The molecule has 0 aromatic heterocycles. The summed E-state index contributed by atoms with van der Waals surface area (Å²) in [6.45, 7) is 3.57.